The average Bonchev–Trinajstić information content (AvgIpc) is 3.47. The zero-order valence-electron chi connectivity index (χ0n) is 17.5. The minimum Gasteiger partial charge on any atom is -0.360 e. The minimum absolute atomic E-state index is 0.00695. The Morgan fingerprint density at radius 1 is 1.40 bits per heavy atom. The van der Waals surface area contributed by atoms with Crippen molar-refractivity contribution >= 4 is 11.8 Å². The van der Waals surface area contributed by atoms with Crippen molar-refractivity contribution < 1.29 is 14.3 Å². The zero-order valence-corrected chi connectivity index (χ0v) is 17.5. The summed E-state index contributed by atoms with van der Waals surface area (Å²) in [5.74, 6) is -0.313. The standard InChI is InChI=1S/C23H26N4O3/c1-14-4-5-15(2)16(10-14)11-27-13-23-7-6-17(30-23)19(20(23)22(27)29)21(28)26(3)12-18-24-8-9-25-18/h4-10,17,19-20H,11-13H2,1-3H3,(H,24,25)/t17-,19+,20+,23-/m0/s1. The Balaban J connectivity index is 1.38. The van der Waals surface area contributed by atoms with E-state index in [1.54, 1.807) is 24.3 Å². The predicted octanol–water partition coefficient (Wildman–Crippen LogP) is 1.97. The minimum atomic E-state index is -0.689. The van der Waals surface area contributed by atoms with E-state index in [9.17, 15) is 9.59 Å². The van der Waals surface area contributed by atoms with Crippen molar-refractivity contribution in [2.24, 2.45) is 11.8 Å². The van der Waals surface area contributed by atoms with Crippen molar-refractivity contribution in [3.63, 3.8) is 0 Å². The number of nitrogens with one attached hydrogen (secondary N) is 1. The number of hydrogen-bond acceptors (Lipinski definition) is 4. The van der Waals surface area contributed by atoms with Crippen LogP contribution in [0.3, 0.4) is 0 Å². The van der Waals surface area contributed by atoms with Gasteiger partial charge in [-0.15, -0.1) is 0 Å². The first-order valence-electron chi connectivity index (χ1n) is 10.3. The number of aryl methyl sites for hydroxylation is 2. The number of hydrogen-bond donors (Lipinski definition) is 1. The summed E-state index contributed by atoms with van der Waals surface area (Å²) in [5, 5.41) is 0. The molecule has 1 N–H and O–H groups in total. The molecule has 30 heavy (non-hydrogen) atoms. The number of nitrogens with zero attached hydrogens (tertiary/aromatic N) is 3. The van der Waals surface area contributed by atoms with Crippen LogP contribution in [0.4, 0.5) is 0 Å². The lowest BCUT2D eigenvalue weighted by Crippen LogP contribution is -2.44. The first-order valence-corrected chi connectivity index (χ1v) is 10.3. The van der Waals surface area contributed by atoms with Crippen molar-refractivity contribution in [2.45, 2.75) is 38.6 Å². The second-order valence-electron chi connectivity index (χ2n) is 8.75. The van der Waals surface area contributed by atoms with E-state index in [0.717, 1.165) is 17.0 Å². The van der Waals surface area contributed by atoms with Gasteiger partial charge >= 0.3 is 0 Å². The normalized spacial score (nSPS) is 29.0. The summed E-state index contributed by atoms with van der Waals surface area (Å²) >= 11 is 0. The second kappa shape index (κ2) is 6.80. The van der Waals surface area contributed by atoms with Crippen LogP contribution in [0.2, 0.25) is 0 Å². The maximum atomic E-state index is 13.4. The fraction of sp³-hybridized carbons (Fsp3) is 0.435. The van der Waals surface area contributed by atoms with E-state index < -0.39 is 17.4 Å². The molecule has 0 unspecified atom stereocenters. The summed E-state index contributed by atoms with van der Waals surface area (Å²) in [4.78, 5) is 37.5. The molecule has 7 heteroatoms. The van der Waals surface area contributed by atoms with Crippen molar-refractivity contribution in [3.8, 4) is 0 Å². The largest absolute Gasteiger partial charge is 0.360 e. The highest BCUT2D eigenvalue weighted by Gasteiger charge is 2.67. The smallest absolute Gasteiger partial charge is 0.230 e. The molecule has 2 amide bonds. The number of H-pyrrole nitrogens is 1. The van der Waals surface area contributed by atoms with Crippen LogP contribution >= 0.6 is 0 Å². The van der Waals surface area contributed by atoms with E-state index in [0.29, 0.717) is 19.6 Å². The highest BCUT2D eigenvalue weighted by Crippen LogP contribution is 2.52. The van der Waals surface area contributed by atoms with E-state index in [1.165, 1.54) is 5.56 Å². The number of fused-ring (bicyclic) bond motifs is 1. The highest BCUT2D eigenvalue weighted by molar-refractivity contribution is 5.93. The van der Waals surface area contributed by atoms with E-state index in [-0.39, 0.29) is 17.9 Å². The monoisotopic (exact) mass is 406 g/mol. The van der Waals surface area contributed by atoms with Gasteiger partial charge in [0, 0.05) is 26.0 Å². The molecule has 0 saturated carbocycles. The number of benzene rings is 1. The molecule has 4 atom stereocenters. The summed E-state index contributed by atoms with van der Waals surface area (Å²) in [6.45, 7) is 5.52. The molecule has 4 heterocycles. The Kier molecular flexibility index (Phi) is 4.32. The van der Waals surface area contributed by atoms with Crippen molar-refractivity contribution in [1.29, 1.82) is 0 Å². The summed E-state index contributed by atoms with van der Waals surface area (Å²) in [6.07, 6.45) is 7.01. The molecule has 0 aliphatic carbocycles. The molecular formula is C23H26N4O3. The number of carbonyl (C=O) groups excluding carboxylic acids is 2. The molecule has 2 aromatic rings. The number of imidazole rings is 1. The van der Waals surface area contributed by atoms with Crippen molar-refractivity contribution in [3.05, 3.63) is 65.3 Å². The van der Waals surface area contributed by atoms with Gasteiger partial charge in [-0.05, 0) is 25.0 Å². The molecule has 156 valence electrons. The van der Waals surface area contributed by atoms with Crippen LogP contribution in [0.5, 0.6) is 0 Å². The molecule has 2 saturated heterocycles. The molecule has 1 aromatic heterocycles. The Morgan fingerprint density at radius 3 is 3.00 bits per heavy atom. The van der Waals surface area contributed by atoms with E-state index in [1.807, 2.05) is 17.1 Å². The Morgan fingerprint density at radius 2 is 2.23 bits per heavy atom. The van der Waals surface area contributed by atoms with Crippen LogP contribution in [-0.4, -0.2) is 56.9 Å². The number of likely N-dealkylation sites (tertiary alicyclic amines) is 1. The van der Waals surface area contributed by atoms with Gasteiger partial charge in [0.2, 0.25) is 11.8 Å². The van der Waals surface area contributed by atoms with Gasteiger partial charge in [0.25, 0.3) is 0 Å². The quantitative estimate of drug-likeness (QED) is 0.770. The molecular weight excluding hydrogens is 380 g/mol. The molecule has 2 fully saturated rings. The van der Waals surface area contributed by atoms with Gasteiger partial charge in [-0.2, -0.15) is 0 Å². The Labute approximate surface area is 175 Å². The average molecular weight is 406 g/mol. The highest BCUT2D eigenvalue weighted by atomic mass is 16.5. The second-order valence-corrected chi connectivity index (χ2v) is 8.75. The number of aromatic amines is 1. The molecule has 5 rings (SSSR count). The predicted molar refractivity (Wildman–Crippen MR) is 110 cm³/mol. The van der Waals surface area contributed by atoms with E-state index >= 15 is 0 Å². The lowest BCUT2D eigenvalue weighted by molar-refractivity contribution is -0.143. The maximum absolute atomic E-state index is 13.4. The molecule has 3 aliphatic heterocycles. The number of amides is 2. The number of rotatable bonds is 5. The lowest BCUT2D eigenvalue weighted by Gasteiger charge is -2.27. The first kappa shape index (κ1) is 19.1. The molecule has 3 aliphatic rings. The van der Waals surface area contributed by atoms with Gasteiger partial charge in [0.05, 0.1) is 31.0 Å². The van der Waals surface area contributed by atoms with Crippen LogP contribution in [0.15, 0.2) is 42.7 Å². The number of ether oxygens (including phenoxy) is 1. The third-order valence-corrected chi connectivity index (χ3v) is 6.65. The topological polar surface area (TPSA) is 78.5 Å². The molecule has 7 nitrogen and oxygen atoms in total. The molecule has 0 radical (unpaired) electrons. The van der Waals surface area contributed by atoms with Crippen molar-refractivity contribution in [2.75, 3.05) is 13.6 Å². The molecule has 1 aromatic carbocycles. The fourth-order valence-electron chi connectivity index (χ4n) is 5.11. The Bertz CT molecular complexity index is 1030. The lowest BCUT2D eigenvalue weighted by atomic mass is 9.76. The fourth-order valence-corrected chi connectivity index (χ4v) is 5.11. The summed E-state index contributed by atoms with van der Waals surface area (Å²) in [6, 6.07) is 6.29. The van der Waals surface area contributed by atoms with Crippen LogP contribution in [-0.2, 0) is 27.4 Å². The first-order chi connectivity index (χ1) is 14.4. The summed E-state index contributed by atoms with van der Waals surface area (Å²) < 4.78 is 6.25. The Hall–Kier alpha value is -2.93. The third-order valence-electron chi connectivity index (χ3n) is 6.65. The SMILES string of the molecule is Cc1ccc(C)c(CN2C[C@]34C=C[C@H](O3)[C@@H](C(=O)N(C)Cc3ncc[nH]3)[C@@H]4C2=O)c1. The molecule has 2 bridgehead atoms. The van der Waals surface area contributed by atoms with Crippen LogP contribution in [0.1, 0.15) is 22.5 Å². The van der Waals surface area contributed by atoms with Crippen LogP contribution in [0.25, 0.3) is 0 Å². The van der Waals surface area contributed by atoms with Gasteiger partial charge < -0.3 is 19.5 Å². The maximum Gasteiger partial charge on any atom is 0.230 e. The van der Waals surface area contributed by atoms with E-state index in [4.69, 9.17) is 4.74 Å². The van der Waals surface area contributed by atoms with Gasteiger partial charge in [-0.25, -0.2) is 4.98 Å². The zero-order chi connectivity index (χ0) is 21.0. The van der Waals surface area contributed by atoms with Gasteiger partial charge in [0.1, 0.15) is 11.4 Å². The number of carbonyl (C=O) groups is 2. The third kappa shape index (κ3) is 2.88. The molecule has 1 spiro atoms. The van der Waals surface area contributed by atoms with Crippen molar-refractivity contribution in [1.82, 2.24) is 19.8 Å². The van der Waals surface area contributed by atoms with Gasteiger partial charge in [-0.3, -0.25) is 9.59 Å². The van der Waals surface area contributed by atoms with Gasteiger partial charge in [0.15, 0.2) is 0 Å². The summed E-state index contributed by atoms with van der Waals surface area (Å²) in [5.41, 5.74) is 2.78. The van der Waals surface area contributed by atoms with E-state index in [2.05, 4.69) is 42.0 Å². The number of aromatic nitrogens is 2. The van der Waals surface area contributed by atoms with Gasteiger partial charge in [-0.1, -0.05) is 35.9 Å². The van der Waals surface area contributed by atoms with Crippen LogP contribution < -0.4 is 0 Å². The summed E-state index contributed by atoms with van der Waals surface area (Å²) in [7, 11) is 1.75. The van der Waals surface area contributed by atoms with Crippen LogP contribution in [0, 0.1) is 25.7 Å².